The molecule has 2 N–H and O–H groups in total. The number of piperidine rings is 1. The third-order valence-electron chi connectivity index (χ3n) is 5.82. The van der Waals surface area contributed by atoms with Gasteiger partial charge in [-0.3, -0.25) is 14.4 Å². The van der Waals surface area contributed by atoms with E-state index in [1.807, 2.05) is 13.0 Å². The lowest BCUT2D eigenvalue weighted by atomic mass is 9.97. The third-order valence-corrected chi connectivity index (χ3v) is 7.74. The van der Waals surface area contributed by atoms with Crippen LogP contribution in [-0.4, -0.2) is 43.4 Å². The Kier molecular flexibility index (Phi) is 7.65. The summed E-state index contributed by atoms with van der Waals surface area (Å²) in [5.74, 6) is -0.718. The Hall–Kier alpha value is -3.04. The molecule has 0 radical (unpaired) electrons. The number of nitrogens with zero attached hydrogens (tertiary/aromatic N) is 1. The molecule has 0 aromatic heterocycles. The number of Topliss-reactive ketones (excluding diaryl/α,β-unsaturated/α-hetero) is 1. The zero-order valence-electron chi connectivity index (χ0n) is 19.1. The first-order chi connectivity index (χ1) is 15.6. The van der Waals surface area contributed by atoms with Gasteiger partial charge in [0.1, 0.15) is 0 Å². The van der Waals surface area contributed by atoms with Crippen molar-refractivity contribution in [3.05, 3.63) is 53.6 Å². The van der Waals surface area contributed by atoms with Crippen molar-refractivity contribution in [2.24, 2.45) is 5.92 Å². The van der Waals surface area contributed by atoms with Gasteiger partial charge in [-0.15, -0.1) is 0 Å². The second-order valence-electron chi connectivity index (χ2n) is 8.18. The quantitative estimate of drug-likeness (QED) is 0.600. The minimum absolute atomic E-state index is 0.111. The largest absolute Gasteiger partial charge is 0.326 e. The first kappa shape index (κ1) is 24.6. The van der Waals surface area contributed by atoms with Crippen molar-refractivity contribution >= 4 is 39.0 Å². The zero-order valence-corrected chi connectivity index (χ0v) is 19.9. The van der Waals surface area contributed by atoms with Crippen molar-refractivity contribution in [1.82, 2.24) is 4.31 Å². The number of sulfonamides is 1. The van der Waals surface area contributed by atoms with Gasteiger partial charge in [0, 0.05) is 42.4 Å². The number of nitrogens with one attached hydrogen (secondary N) is 2. The predicted octanol–water partition coefficient (Wildman–Crippen LogP) is 3.59. The lowest BCUT2D eigenvalue weighted by Crippen LogP contribution is -2.41. The highest BCUT2D eigenvalue weighted by atomic mass is 32.2. The summed E-state index contributed by atoms with van der Waals surface area (Å²) in [5, 5.41) is 5.70. The van der Waals surface area contributed by atoms with E-state index >= 15 is 0 Å². The fourth-order valence-corrected chi connectivity index (χ4v) is 5.16. The molecule has 2 amide bonds. The molecule has 1 aliphatic rings. The third kappa shape index (κ3) is 5.85. The number of hydrogen-bond donors (Lipinski definition) is 2. The van der Waals surface area contributed by atoms with Crippen molar-refractivity contribution < 1.29 is 22.8 Å². The van der Waals surface area contributed by atoms with Crippen LogP contribution in [0.5, 0.6) is 0 Å². The molecule has 1 fully saturated rings. The number of ketones is 1. The summed E-state index contributed by atoms with van der Waals surface area (Å²) in [6, 6.07) is 11.2. The normalized spacial score (nSPS) is 15.1. The van der Waals surface area contributed by atoms with Crippen molar-refractivity contribution in [3.63, 3.8) is 0 Å². The smallest absolute Gasteiger partial charge is 0.243 e. The second kappa shape index (κ2) is 10.3. The molecule has 33 heavy (non-hydrogen) atoms. The van der Waals surface area contributed by atoms with E-state index in [1.54, 1.807) is 19.1 Å². The van der Waals surface area contributed by atoms with E-state index < -0.39 is 10.0 Å². The summed E-state index contributed by atoms with van der Waals surface area (Å²) in [7, 11) is -3.69. The maximum absolute atomic E-state index is 12.9. The standard InChI is InChI=1S/C24H29N3O5S/c1-4-23(29)25-20-8-5-16(2)22(15-20)26-24(30)19-11-13-27(14-12-19)33(31,32)21-9-6-18(7-10-21)17(3)28/h5-10,15,19H,4,11-14H2,1-3H3,(H,25,29)(H,26,30). The van der Waals surface area contributed by atoms with E-state index in [0.717, 1.165) is 5.56 Å². The van der Waals surface area contributed by atoms with Crippen LogP contribution in [0.15, 0.2) is 47.4 Å². The van der Waals surface area contributed by atoms with Gasteiger partial charge in [0.25, 0.3) is 0 Å². The predicted molar refractivity (Wildman–Crippen MR) is 127 cm³/mol. The molecule has 9 heteroatoms. The lowest BCUT2D eigenvalue weighted by molar-refractivity contribution is -0.121. The maximum Gasteiger partial charge on any atom is 0.243 e. The van der Waals surface area contributed by atoms with E-state index in [2.05, 4.69) is 10.6 Å². The Morgan fingerprint density at radius 3 is 2.21 bits per heavy atom. The highest BCUT2D eigenvalue weighted by Gasteiger charge is 2.32. The second-order valence-corrected chi connectivity index (χ2v) is 10.1. The van der Waals surface area contributed by atoms with Gasteiger partial charge in [0.15, 0.2) is 5.78 Å². The van der Waals surface area contributed by atoms with Gasteiger partial charge >= 0.3 is 0 Å². The molecule has 0 bridgehead atoms. The highest BCUT2D eigenvalue weighted by Crippen LogP contribution is 2.27. The van der Waals surface area contributed by atoms with Gasteiger partial charge in [-0.25, -0.2) is 8.42 Å². The summed E-state index contributed by atoms with van der Waals surface area (Å²) < 4.78 is 27.3. The van der Waals surface area contributed by atoms with Crippen LogP contribution in [0.2, 0.25) is 0 Å². The molecule has 0 spiro atoms. The molecule has 2 aromatic rings. The minimum Gasteiger partial charge on any atom is -0.326 e. The monoisotopic (exact) mass is 471 g/mol. The maximum atomic E-state index is 12.9. The number of benzene rings is 2. The Morgan fingerprint density at radius 2 is 1.64 bits per heavy atom. The van der Waals surface area contributed by atoms with Crippen LogP contribution in [0.4, 0.5) is 11.4 Å². The molecule has 0 saturated carbocycles. The molecular formula is C24H29N3O5S. The van der Waals surface area contributed by atoms with Gasteiger partial charge in [-0.1, -0.05) is 25.1 Å². The number of hydrogen-bond acceptors (Lipinski definition) is 5. The molecular weight excluding hydrogens is 442 g/mol. The topological polar surface area (TPSA) is 113 Å². The number of anilines is 2. The van der Waals surface area contributed by atoms with Crippen LogP contribution in [0.25, 0.3) is 0 Å². The van der Waals surface area contributed by atoms with Gasteiger partial charge < -0.3 is 10.6 Å². The summed E-state index contributed by atoms with van der Waals surface area (Å²) in [6.07, 6.45) is 1.17. The van der Waals surface area contributed by atoms with Crippen LogP contribution in [-0.2, 0) is 19.6 Å². The van der Waals surface area contributed by atoms with E-state index in [1.165, 1.54) is 35.5 Å². The first-order valence-corrected chi connectivity index (χ1v) is 12.4. The minimum atomic E-state index is -3.69. The molecule has 0 unspecified atom stereocenters. The van der Waals surface area contributed by atoms with E-state index in [9.17, 15) is 22.8 Å². The van der Waals surface area contributed by atoms with Crippen LogP contribution < -0.4 is 10.6 Å². The molecule has 1 aliphatic heterocycles. The van der Waals surface area contributed by atoms with Crippen molar-refractivity contribution in [1.29, 1.82) is 0 Å². The molecule has 1 saturated heterocycles. The Bertz CT molecular complexity index is 1150. The van der Waals surface area contributed by atoms with Gasteiger partial charge in [-0.05, 0) is 56.5 Å². The van der Waals surface area contributed by atoms with Gasteiger partial charge in [0.2, 0.25) is 21.8 Å². The van der Waals surface area contributed by atoms with Gasteiger partial charge in [0.05, 0.1) is 4.90 Å². The van der Waals surface area contributed by atoms with Crippen molar-refractivity contribution in [3.8, 4) is 0 Å². The average molecular weight is 472 g/mol. The number of rotatable bonds is 7. The number of amides is 2. The highest BCUT2D eigenvalue weighted by molar-refractivity contribution is 7.89. The fourth-order valence-electron chi connectivity index (χ4n) is 3.69. The van der Waals surface area contributed by atoms with Crippen molar-refractivity contribution in [2.75, 3.05) is 23.7 Å². The average Bonchev–Trinajstić information content (AvgIpc) is 2.81. The molecule has 8 nitrogen and oxygen atoms in total. The Balaban J connectivity index is 1.62. The lowest BCUT2D eigenvalue weighted by Gasteiger charge is -2.30. The van der Waals surface area contributed by atoms with E-state index in [0.29, 0.717) is 36.2 Å². The molecule has 176 valence electrons. The number of aryl methyl sites for hydroxylation is 1. The van der Waals surface area contributed by atoms with Crippen LogP contribution in [0, 0.1) is 12.8 Å². The summed E-state index contributed by atoms with van der Waals surface area (Å²) >= 11 is 0. The van der Waals surface area contributed by atoms with Crippen LogP contribution in [0.1, 0.15) is 49.0 Å². The summed E-state index contributed by atoms with van der Waals surface area (Å²) in [6.45, 7) is 5.53. The molecule has 1 heterocycles. The molecule has 3 rings (SSSR count). The zero-order chi connectivity index (χ0) is 24.2. The van der Waals surface area contributed by atoms with Crippen LogP contribution in [0.3, 0.4) is 0 Å². The number of carbonyl (C=O) groups is 3. The summed E-state index contributed by atoms with van der Waals surface area (Å²) in [5.41, 5.74) is 2.55. The fraction of sp³-hybridized carbons (Fsp3) is 0.375. The first-order valence-electron chi connectivity index (χ1n) is 10.9. The van der Waals surface area contributed by atoms with Crippen LogP contribution >= 0.6 is 0 Å². The van der Waals surface area contributed by atoms with E-state index in [-0.39, 0.29) is 41.5 Å². The SMILES string of the molecule is CCC(=O)Nc1ccc(C)c(NC(=O)C2CCN(S(=O)(=O)c3ccc(C(C)=O)cc3)CC2)c1. The Morgan fingerprint density at radius 1 is 1.00 bits per heavy atom. The summed E-state index contributed by atoms with van der Waals surface area (Å²) in [4.78, 5) is 36.0. The van der Waals surface area contributed by atoms with Crippen molar-refractivity contribution in [2.45, 2.75) is 44.9 Å². The number of carbonyl (C=O) groups excluding carboxylic acids is 3. The molecule has 0 atom stereocenters. The van der Waals surface area contributed by atoms with E-state index in [4.69, 9.17) is 0 Å². The van der Waals surface area contributed by atoms with Gasteiger partial charge in [-0.2, -0.15) is 4.31 Å². The molecule has 0 aliphatic carbocycles. The Labute approximate surface area is 194 Å². The molecule has 2 aromatic carbocycles.